The van der Waals surface area contributed by atoms with E-state index in [2.05, 4.69) is 10.1 Å². The lowest BCUT2D eigenvalue weighted by Crippen LogP contribution is -2.40. The molecule has 136 valence electrons. The highest BCUT2D eigenvalue weighted by Crippen LogP contribution is 2.17. The number of thiophene rings is 1. The van der Waals surface area contributed by atoms with E-state index in [9.17, 15) is 9.59 Å². The number of carbonyl (C=O) groups is 1. The molecule has 26 heavy (non-hydrogen) atoms. The Kier molecular flexibility index (Phi) is 4.60. The first-order valence-electron chi connectivity index (χ1n) is 8.61. The fraction of sp³-hybridized carbons (Fsp3) is 0.389. The van der Waals surface area contributed by atoms with E-state index >= 15 is 0 Å². The van der Waals surface area contributed by atoms with Crippen molar-refractivity contribution in [1.82, 2.24) is 19.5 Å². The van der Waals surface area contributed by atoms with Crippen molar-refractivity contribution in [2.45, 2.75) is 32.4 Å². The number of ether oxygens (including phenoxy) is 1. The molecular formula is C18H20N4O3S. The Hall–Kier alpha value is -2.45. The van der Waals surface area contributed by atoms with Gasteiger partial charge in [0.15, 0.2) is 5.65 Å². The number of hydrogen-bond acceptors (Lipinski definition) is 5. The van der Waals surface area contributed by atoms with Crippen LogP contribution in [0.3, 0.4) is 0 Å². The summed E-state index contributed by atoms with van der Waals surface area (Å²) < 4.78 is 7.01. The van der Waals surface area contributed by atoms with Crippen LogP contribution < -0.4 is 5.56 Å². The number of carbonyl (C=O) groups excluding carboxylic acids is 1. The van der Waals surface area contributed by atoms with Crippen molar-refractivity contribution < 1.29 is 9.53 Å². The molecule has 1 aliphatic rings. The van der Waals surface area contributed by atoms with Crippen LogP contribution in [0.2, 0.25) is 0 Å². The first-order valence-corrected chi connectivity index (χ1v) is 9.55. The van der Waals surface area contributed by atoms with Gasteiger partial charge in [-0.1, -0.05) is 0 Å². The predicted octanol–water partition coefficient (Wildman–Crippen LogP) is 2.21. The summed E-state index contributed by atoms with van der Waals surface area (Å²) in [6.07, 6.45) is 3.33. The van der Waals surface area contributed by atoms with Gasteiger partial charge in [0.25, 0.3) is 11.5 Å². The van der Waals surface area contributed by atoms with Crippen LogP contribution in [-0.2, 0) is 11.3 Å². The number of aryl methyl sites for hydroxylation is 1. The average molecular weight is 372 g/mol. The largest absolute Gasteiger partial charge is 0.376 e. The van der Waals surface area contributed by atoms with Gasteiger partial charge in [-0.3, -0.25) is 14.7 Å². The van der Waals surface area contributed by atoms with Gasteiger partial charge in [-0.25, -0.2) is 9.50 Å². The number of aromatic nitrogens is 3. The maximum atomic E-state index is 13.1. The number of fused-ring (bicyclic) bond motifs is 1. The second-order valence-electron chi connectivity index (χ2n) is 6.56. The van der Waals surface area contributed by atoms with Crippen molar-refractivity contribution in [2.75, 3.05) is 13.2 Å². The summed E-state index contributed by atoms with van der Waals surface area (Å²) in [7, 11) is 0. The number of rotatable bonds is 5. The van der Waals surface area contributed by atoms with E-state index in [1.54, 1.807) is 22.3 Å². The van der Waals surface area contributed by atoms with Crippen LogP contribution in [-0.4, -0.2) is 44.7 Å². The zero-order valence-electron chi connectivity index (χ0n) is 14.5. The quantitative estimate of drug-likeness (QED) is 0.745. The Bertz CT molecular complexity index is 970. The minimum absolute atomic E-state index is 0.0183. The van der Waals surface area contributed by atoms with Crippen molar-refractivity contribution in [2.24, 2.45) is 0 Å². The minimum Gasteiger partial charge on any atom is -0.376 e. The summed E-state index contributed by atoms with van der Waals surface area (Å²) in [5, 5.41) is 6.92. The SMILES string of the molecule is Cc1cc2ncc(C(=O)N(Cc3ccsc3)C[C@H]3CCCO3)c(=O)n2[nH]1. The third-order valence-corrected chi connectivity index (χ3v) is 5.27. The van der Waals surface area contributed by atoms with Crippen molar-refractivity contribution >= 4 is 22.9 Å². The Morgan fingerprint density at radius 1 is 1.54 bits per heavy atom. The van der Waals surface area contributed by atoms with Crippen molar-refractivity contribution in [3.63, 3.8) is 0 Å². The molecule has 0 aromatic carbocycles. The molecule has 0 aliphatic carbocycles. The molecule has 0 radical (unpaired) electrons. The van der Waals surface area contributed by atoms with Crippen molar-refractivity contribution in [3.05, 3.63) is 56.3 Å². The molecule has 0 saturated carbocycles. The fourth-order valence-electron chi connectivity index (χ4n) is 3.25. The highest BCUT2D eigenvalue weighted by atomic mass is 32.1. The number of aromatic amines is 1. The van der Waals surface area contributed by atoms with Crippen LogP contribution in [0.15, 0.2) is 33.9 Å². The van der Waals surface area contributed by atoms with Gasteiger partial charge >= 0.3 is 0 Å². The Morgan fingerprint density at radius 2 is 2.42 bits per heavy atom. The topological polar surface area (TPSA) is 79.7 Å². The molecule has 1 atom stereocenters. The molecule has 3 aromatic rings. The lowest BCUT2D eigenvalue weighted by Gasteiger charge is -2.25. The third-order valence-electron chi connectivity index (χ3n) is 4.54. The third kappa shape index (κ3) is 3.30. The standard InChI is InChI=1S/C18H20N4O3S/c1-12-7-16-19-8-15(18(24)22(16)20-12)17(23)21(9-13-4-6-26-11-13)10-14-3-2-5-25-14/h4,6-8,11,14,20H,2-3,5,9-10H2,1H3/t14-/m1/s1. The van der Waals surface area contributed by atoms with Gasteiger partial charge < -0.3 is 9.64 Å². The van der Waals surface area contributed by atoms with E-state index in [1.165, 1.54) is 10.7 Å². The molecule has 3 aromatic heterocycles. The zero-order chi connectivity index (χ0) is 18.1. The lowest BCUT2D eigenvalue weighted by atomic mass is 10.2. The van der Waals surface area contributed by atoms with Crippen LogP contribution >= 0.6 is 11.3 Å². The molecule has 1 fully saturated rings. The molecule has 1 amide bonds. The monoisotopic (exact) mass is 372 g/mol. The van der Waals surface area contributed by atoms with Gasteiger partial charge in [-0.05, 0) is 42.2 Å². The van der Waals surface area contributed by atoms with E-state index < -0.39 is 0 Å². The lowest BCUT2D eigenvalue weighted by molar-refractivity contribution is 0.0505. The van der Waals surface area contributed by atoms with Gasteiger partial charge in [0.2, 0.25) is 0 Å². The summed E-state index contributed by atoms with van der Waals surface area (Å²) >= 11 is 1.59. The molecule has 4 rings (SSSR count). The fourth-order valence-corrected chi connectivity index (χ4v) is 3.91. The second-order valence-corrected chi connectivity index (χ2v) is 7.34. The van der Waals surface area contributed by atoms with Crippen molar-refractivity contribution in [1.29, 1.82) is 0 Å². The number of nitrogens with one attached hydrogen (secondary N) is 1. The molecule has 7 nitrogen and oxygen atoms in total. The Morgan fingerprint density at radius 3 is 3.15 bits per heavy atom. The second kappa shape index (κ2) is 7.05. The average Bonchev–Trinajstić information content (AvgIpc) is 3.36. The van der Waals surface area contributed by atoms with Gasteiger partial charge in [0.1, 0.15) is 5.56 Å². The highest BCUT2D eigenvalue weighted by Gasteiger charge is 2.26. The smallest absolute Gasteiger partial charge is 0.285 e. The molecule has 0 bridgehead atoms. The van der Waals surface area contributed by atoms with E-state index in [-0.39, 0.29) is 23.1 Å². The summed E-state index contributed by atoms with van der Waals surface area (Å²) in [5.74, 6) is -0.314. The van der Waals surface area contributed by atoms with E-state index in [0.717, 1.165) is 30.7 Å². The highest BCUT2D eigenvalue weighted by molar-refractivity contribution is 7.07. The van der Waals surface area contributed by atoms with E-state index in [0.29, 0.717) is 18.7 Å². The van der Waals surface area contributed by atoms with Gasteiger partial charge in [0.05, 0.1) is 6.10 Å². The van der Waals surface area contributed by atoms with Crippen LogP contribution in [0.4, 0.5) is 0 Å². The number of nitrogens with zero attached hydrogens (tertiary/aromatic N) is 3. The van der Waals surface area contributed by atoms with Crippen LogP contribution in [0.5, 0.6) is 0 Å². The minimum atomic E-state index is -0.379. The van der Waals surface area contributed by atoms with E-state index in [1.807, 2.05) is 23.8 Å². The first kappa shape index (κ1) is 17.0. The summed E-state index contributed by atoms with van der Waals surface area (Å²) in [6.45, 7) is 3.49. The molecule has 0 spiro atoms. The number of amides is 1. The van der Waals surface area contributed by atoms with Crippen LogP contribution in [0, 0.1) is 6.92 Å². The zero-order valence-corrected chi connectivity index (χ0v) is 15.3. The van der Waals surface area contributed by atoms with Gasteiger partial charge in [0, 0.05) is 37.7 Å². The molecule has 8 heteroatoms. The summed E-state index contributed by atoms with van der Waals surface area (Å²) in [6, 6.07) is 3.76. The molecule has 1 aliphatic heterocycles. The molecular weight excluding hydrogens is 352 g/mol. The predicted molar refractivity (Wildman–Crippen MR) is 98.6 cm³/mol. The summed E-state index contributed by atoms with van der Waals surface area (Å²) in [5.41, 5.74) is 2.06. The van der Waals surface area contributed by atoms with E-state index in [4.69, 9.17) is 4.74 Å². The number of hydrogen-bond donors (Lipinski definition) is 1. The molecule has 1 N–H and O–H groups in total. The normalized spacial score (nSPS) is 17.0. The molecule has 0 unspecified atom stereocenters. The Balaban J connectivity index is 1.66. The maximum Gasteiger partial charge on any atom is 0.285 e. The van der Waals surface area contributed by atoms with Gasteiger partial charge in [-0.2, -0.15) is 11.3 Å². The van der Waals surface area contributed by atoms with Crippen LogP contribution in [0.1, 0.15) is 34.5 Å². The first-order chi connectivity index (χ1) is 12.6. The maximum absolute atomic E-state index is 13.1. The molecule has 1 saturated heterocycles. The van der Waals surface area contributed by atoms with Gasteiger partial charge in [-0.15, -0.1) is 0 Å². The number of H-pyrrole nitrogens is 1. The Labute approximate surface area is 154 Å². The summed E-state index contributed by atoms with van der Waals surface area (Å²) in [4.78, 5) is 31.8. The van der Waals surface area contributed by atoms with Crippen LogP contribution in [0.25, 0.3) is 5.65 Å². The molecule has 4 heterocycles. The van der Waals surface area contributed by atoms with Crippen molar-refractivity contribution in [3.8, 4) is 0 Å².